The van der Waals surface area contributed by atoms with Crippen molar-refractivity contribution in [2.45, 2.75) is 382 Å². The maximum Gasteiger partial charge on any atom is 0.0880 e. The number of rotatable bonds is 21. The van der Waals surface area contributed by atoms with E-state index in [9.17, 15) is 0 Å². The fourth-order valence-electron chi connectivity index (χ4n) is 6.58. The molecular formula is C85H172N8S6. The minimum Gasteiger partial charge on any atom is -0.380 e. The molecule has 5 N–H and O–H groups in total. The number of nitrogens with one attached hydrogen (secondary N) is 5. The van der Waals surface area contributed by atoms with E-state index in [0.717, 1.165) is 61.0 Å². The molecule has 3 aromatic rings. The van der Waals surface area contributed by atoms with Crippen molar-refractivity contribution in [1.82, 2.24) is 36.3 Å². The van der Waals surface area contributed by atoms with Gasteiger partial charge < -0.3 is 26.6 Å². The van der Waals surface area contributed by atoms with Crippen molar-refractivity contribution in [2.24, 2.45) is 21.7 Å². The predicted molar refractivity (Wildman–Crippen MR) is 480 cm³/mol. The van der Waals surface area contributed by atoms with Crippen LogP contribution in [-0.4, -0.2) is 87.1 Å². The molecule has 0 saturated heterocycles. The van der Waals surface area contributed by atoms with Gasteiger partial charge >= 0.3 is 0 Å². The first-order chi connectivity index (χ1) is 41.6. The summed E-state index contributed by atoms with van der Waals surface area (Å²) in [5, 5.41) is 28.2. The lowest BCUT2D eigenvalue weighted by atomic mass is 9.90. The number of thioether (sulfide) groups is 2. The van der Waals surface area contributed by atoms with Crippen molar-refractivity contribution in [3.8, 4) is 23.7 Å². The molecule has 0 aliphatic rings. The highest BCUT2D eigenvalue weighted by atomic mass is 33.1. The van der Waals surface area contributed by atoms with Crippen molar-refractivity contribution in [3.63, 3.8) is 0 Å². The Morgan fingerprint density at radius 3 is 1.22 bits per heavy atom. The number of hydrogen-bond donors (Lipinski definition) is 5. The molecule has 3 rings (SSSR count). The number of hydrogen-bond acceptors (Lipinski definition) is 13. The van der Waals surface area contributed by atoms with Crippen molar-refractivity contribution in [3.05, 3.63) is 77.1 Å². The lowest BCUT2D eigenvalue weighted by molar-refractivity contribution is 0.341. The van der Waals surface area contributed by atoms with Crippen LogP contribution in [0.3, 0.4) is 0 Å². The van der Waals surface area contributed by atoms with Gasteiger partial charge in [0, 0.05) is 95.3 Å². The van der Waals surface area contributed by atoms with Crippen LogP contribution in [0.25, 0.3) is 0 Å². The Morgan fingerprint density at radius 2 is 0.848 bits per heavy atom. The number of benzene rings is 2. The fraction of sp³-hybridized carbons (Fsp3) is 0.788. The lowest BCUT2D eigenvalue weighted by Crippen LogP contribution is -2.36. The van der Waals surface area contributed by atoms with E-state index in [2.05, 4.69) is 365 Å². The highest BCUT2D eigenvalue weighted by Gasteiger charge is 2.19. The minimum absolute atomic E-state index is 0. The Hall–Kier alpha value is -1.56. The molecule has 0 radical (unpaired) electrons. The molecule has 588 valence electrons. The standard InChI is InChI=1S/C17H25N.C16H23N.C14H28N4.C11H25NS2.C11H25N.C10H22S4.6CH4/c1-16(2,3)11-10-14-8-7-9-15(12-14)13-18-17(4,5)6;1-15(2,3)12-11-13-7-9-14(10-8-13)17-16(4,5)6;1-13(2,3)12-11-18(17-16-12)10-8-7-9-15-14(4,5)6;1-10(2,3)7-8-13-14-9-12-11(4,5)6;1-10(2,3)8-7-9-12-11(4,5)6;1-9(2,3)11-7-13-14-8-12-10(4,5)6;;;;;;/h7-9,12,18H,13H2,1-6H3;7-10,17H,1-6H3;11,15H,7-10H2,1-6H3;12H,7-9H2,1-6H3;12H,7-9H2,1-6H3;7-8H2,1-6H3;6*1H4. The Balaban J connectivity index is -0.000000139. The number of aryl methyl sites for hydroxylation is 1. The molecule has 0 saturated carbocycles. The van der Waals surface area contributed by atoms with Crippen molar-refractivity contribution >= 4 is 72.4 Å². The summed E-state index contributed by atoms with van der Waals surface area (Å²) in [6.07, 6.45) is 8.24. The third kappa shape index (κ3) is 92.5. The molecule has 0 aliphatic carbocycles. The van der Waals surface area contributed by atoms with Crippen LogP contribution < -0.4 is 26.6 Å². The van der Waals surface area contributed by atoms with Crippen LogP contribution in [0.4, 0.5) is 5.69 Å². The molecule has 0 bridgehead atoms. The van der Waals surface area contributed by atoms with E-state index >= 15 is 0 Å². The zero-order valence-electron chi connectivity index (χ0n) is 67.2. The maximum atomic E-state index is 4.22. The minimum atomic E-state index is 0. The number of anilines is 1. The highest BCUT2D eigenvalue weighted by Crippen LogP contribution is 2.37. The second-order valence-corrected chi connectivity index (χ2v) is 46.3. The average Bonchev–Trinajstić information content (AvgIpc) is 1.79. The monoisotopic (exact) mass is 1500 g/mol. The van der Waals surface area contributed by atoms with E-state index < -0.39 is 0 Å². The summed E-state index contributed by atoms with van der Waals surface area (Å²) in [5.41, 5.74) is 7.80. The van der Waals surface area contributed by atoms with Gasteiger partial charge in [-0.15, -0.1) is 28.6 Å². The van der Waals surface area contributed by atoms with E-state index in [-0.39, 0.29) is 88.5 Å². The molecular weight excluding hydrogens is 1330 g/mol. The lowest BCUT2D eigenvalue weighted by Gasteiger charge is -2.23. The number of aromatic nitrogens is 3. The molecule has 0 spiro atoms. The summed E-state index contributed by atoms with van der Waals surface area (Å²) < 4.78 is 2.77. The first kappa shape index (κ1) is 116. The molecule has 1 aromatic heterocycles. The van der Waals surface area contributed by atoms with Crippen LogP contribution in [0, 0.1) is 45.3 Å². The largest absolute Gasteiger partial charge is 0.380 e. The first-order valence-electron chi connectivity index (χ1n) is 34.3. The summed E-state index contributed by atoms with van der Waals surface area (Å²) in [5.74, 6) is 15.2. The third-order valence-electron chi connectivity index (χ3n) is 11.7. The molecule has 99 heavy (non-hydrogen) atoms. The number of unbranched alkanes of at least 4 members (excludes halogenated alkanes) is 1. The topological polar surface area (TPSA) is 90.9 Å². The highest BCUT2D eigenvalue weighted by molar-refractivity contribution is 8.79. The Bertz CT molecular complexity index is 2410. The van der Waals surface area contributed by atoms with E-state index in [0.29, 0.717) is 20.3 Å². The third-order valence-corrected chi connectivity index (χ3v) is 19.7. The van der Waals surface area contributed by atoms with Gasteiger partial charge in [0.25, 0.3) is 0 Å². The molecule has 0 unspecified atom stereocenters. The van der Waals surface area contributed by atoms with Crippen LogP contribution in [0.15, 0.2) is 54.7 Å². The van der Waals surface area contributed by atoms with Crippen LogP contribution >= 0.6 is 66.7 Å². The van der Waals surface area contributed by atoms with Crippen molar-refractivity contribution in [1.29, 1.82) is 0 Å². The van der Waals surface area contributed by atoms with Crippen LogP contribution in [0.2, 0.25) is 0 Å². The Morgan fingerprint density at radius 1 is 0.424 bits per heavy atom. The summed E-state index contributed by atoms with van der Waals surface area (Å²) in [6.45, 7) is 83.5. The molecule has 14 heteroatoms. The summed E-state index contributed by atoms with van der Waals surface area (Å²) in [7, 11) is 7.86. The van der Waals surface area contributed by atoms with Gasteiger partial charge in [-0.1, -0.05) is 233 Å². The van der Waals surface area contributed by atoms with Gasteiger partial charge in [0.05, 0.1) is 21.7 Å². The van der Waals surface area contributed by atoms with Crippen LogP contribution in [0.5, 0.6) is 0 Å². The average molecular weight is 1500 g/mol. The normalized spacial score (nSPS) is 11.9. The second kappa shape index (κ2) is 54.1. The maximum absolute atomic E-state index is 4.22. The molecule has 0 fully saturated rings. The summed E-state index contributed by atoms with van der Waals surface area (Å²) >= 11 is 4.05. The van der Waals surface area contributed by atoms with Gasteiger partial charge in [-0.05, 0) is 243 Å². The van der Waals surface area contributed by atoms with Gasteiger partial charge in [0.15, 0.2) is 0 Å². The molecule has 8 nitrogen and oxygen atoms in total. The molecule has 2 aromatic carbocycles. The number of nitrogens with zero attached hydrogens (tertiary/aromatic N) is 3. The summed E-state index contributed by atoms with van der Waals surface area (Å²) in [4.78, 5) is 0. The van der Waals surface area contributed by atoms with Gasteiger partial charge in [-0.25, -0.2) is 0 Å². The zero-order chi connectivity index (χ0) is 73.0. The molecule has 0 atom stereocenters. The first-order valence-corrected chi connectivity index (χ1v) is 41.3. The predicted octanol–water partition coefficient (Wildman–Crippen LogP) is 27.5. The quantitative estimate of drug-likeness (QED) is 0.0304. The molecule has 0 amide bonds. The zero-order valence-corrected chi connectivity index (χ0v) is 72.1. The SMILES string of the molecule is C.C.C.C.C.C.CC(C)(C)C#Cc1ccc(NC(C)(C)C)cc1.CC(C)(C)C#Cc1cccc(CNC(C)(C)C)c1.CC(C)(C)CCCNC(C)(C)C.CC(C)(C)CCSSCNC(C)(C)C.CC(C)(C)NCCCCn1cc(C(C)(C)C)nn1.CC(C)(C)SCSSCSC(C)(C)C. The van der Waals surface area contributed by atoms with Crippen LogP contribution in [0.1, 0.15) is 348 Å². The van der Waals surface area contributed by atoms with Gasteiger partial charge in [-0.2, -0.15) is 0 Å². The Labute approximate surface area is 648 Å². The molecule has 1 heterocycles. The fourth-order valence-corrected chi connectivity index (χ4v) is 14.8. The van der Waals surface area contributed by atoms with Gasteiger partial charge in [0.2, 0.25) is 0 Å². The summed E-state index contributed by atoms with van der Waals surface area (Å²) in [6, 6.07) is 16.7. The smallest absolute Gasteiger partial charge is 0.0880 e. The van der Waals surface area contributed by atoms with E-state index in [1.165, 1.54) is 47.2 Å². The van der Waals surface area contributed by atoms with Crippen molar-refractivity contribution in [2.75, 3.05) is 40.2 Å². The van der Waals surface area contributed by atoms with Gasteiger partial charge in [0.1, 0.15) is 0 Å². The van der Waals surface area contributed by atoms with Crippen LogP contribution in [-0.2, 0) is 18.5 Å². The van der Waals surface area contributed by atoms with Crippen molar-refractivity contribution < 1.29 is 0 Å². The van der Waals surface area contributed by atoms with E-state index in [1.807, 2.05) is 71.4 Å². The Kier molecular flexibility index (Phi) is 63.3. The van der Waals surface area contributed by atoms with E-state index in [1.54, 1.807) is 0 Å². The van der Waals surface area contributed by atoms with E-state index in [4.69, 9.17) is 0 Å². The van der Waals surface area contributed by atoms with Gasteiger partial charge in [-0.3, -0.25) is 4.68 Å². The second-order valence-electron chi connectivity index (χ2n) is 36.9. The molecule has 0 aliphatic heterocycles.